The van der Waals surface area contributed by atoms with Gasteiger partial charge >= 0.3 is 17.9 Å². The van der Waals surface area contributed by atoms with E-state index in [2.05, 4.69) is 21.4 Å². The molecule has 0 aliphatic carbocycles. The van der Waals surface area contributed by atoms with Crippen molar-refractivity contribution >= 4 is 38.2 Å². The Kier molecular flexibility index (Phi) is 28.4. The second-order valence-electron chi connectivity index (χ2n) is 18.3. The van der Waals surface area contributed by atoms with Gasteiger partial charge in [0.1, 0.15) is 42.5 Å². The Balaban J connectivity index is 1.40. The van der Waals surface area contributed by atoms with Crippen LogP contribution in [0.15, 0.2) is 78.9 Å². The van der Waals surface area contributed by atoms with Crippen molar-refractivity contribution in [2.45, 2.75) is 116 Å². The van der Waals surface area contributed by atoms with Crippen LogP contribution in [0.1, 0.15) is 78.5 Å². The number of nitriles is 1. The number of amides is 2. The van der Waals surface area contributed by atoms with Gasteiger partial charge in [0.05, 0.1) is 92.2 Å². The summed E-state index contributed by atoms with van der Waals surface area (Å²) in [5, 5.41) is 15.0. The topological polar surface area (TPSA) is 256 Å². The van der Waals surface area contributed by atoms with E-state index in [0.29, 0.717) is 11.5 Å². The number of esters is 3. The highest BCUT2D eigenvalue weighted by Gasteiger charge is 2.51. The van der Waals surface area contributed by atoms with Crippen molar-refractivity contribution in [2.75, 3.05) is 86.9 Å². The summed E-state index contributed by atoms with van der Waals surface area (Å²) in [5.74, 6) is -1.69. The first-order valence-corrected chi connectivity index (χ1v) is 26.8. The molecule has 4 rings (SSSR count). The quantitative estimate of drug-likeness (QED) is 0.0242. The standard InChI is InChI=1S/C55H77N4O18P/c1-37(2)59(38(3)4)78(73-26-14-25-56)74-34-46(33-72-55(43-15-12-11-13-16-43,44-17-21-47(65-9)22-18-44)45-19-23-48(66-10)24-20-45)58-50(64)36-69-30-29-67-27-28-68-31-32-70-54-51(57-39(5)60)53(76-42(8)63)52(75-41(7)62)49(77-54)35-71-40(6)61/h11-13,15-24,37-38,46,49,51-54H,14,26-36H2,1-10H3,(H,57,60)(H,58,64)/t46-,49+,51+,52-,53+,54+,78?/m0/s1. The molecule has 2 amide bonds. The van der Waals surface area contributed by atoms with Crippen LogP contribution in [-0.2, 0) is 81.3 Å². The third kappa shape index (κ3) is 20.8. The predicted octanol–water partition coefficient (Wildman–Crippen LogP) is 5.51. The van der Waals surface area contributed by atoms with E-state index in [1.54, 1.807) is 14.2 Å². The van der Waals surface area contributed by atoms with E-state index in [4.69, 9.17) is 61.2 Å². The summed E-state index contributed by atoms with van der Waals surface area (Å²) >= 11 is 0. The summed E-state index contributed by atoms with van der Waals surface area (Å²) in [6.07, 6.45) is -4.68. The SMILES string of the molecule is COc1ccc(C(OC[C@@H](COP(OCCC#N)N(C(C)C)C(C)C)NC(=O)COCCOCCOCCO[C@@H]2O[C@H](COC(C)=O)[C@H](OC(C)=O)[C@H](OC(C)=O)[C@H]2NC(C)=O)(c2ccccc2)c2ccc(OC)cc2)cc1. The molecule has 3 aromatic rings. The molecular formula is C55H77N4O18P. The Hall–Kier alpha value is -5.83. The molecule has 0 spiro atoms. The molecule has 0 bridgehead atoms. The Morgan fingerprint density at radius 3 is 1.73 bits per heavy atom. The zero-order valence-electron chi connectivity index (χ0n) is 46.3. The highest BCUT2D eigenvalue weighted by atomic mass is 31.2. The van der Waals surface area contributed by atoms with Gasteiger partial charge < -0.3 is 71.8 Å². The number of methoxy groups -OCH3 is 2. The molecule has 1 unspecified atom stereocenters. The van der Waals surface area contributed by atoms with Crippen molar-refractivity contribution in [3.63, 3.8) is 0 Å². The molecule has 7 atom stereocenters. The van der Waals surface area contributed by atoms with Gasteiger partial charge in [-0.1, -0.05) is 54.6 Å². The highest BCUT2D eigenvalue weighted by Crippen LogP contribution is 2.47. The van der Waals surface area contributed by atoms with Gasteiger partial charge in [-0.3, -0.25) is 24.0 Å². The maximum atomic E-state index is 13.7. The summed E-state index contributed by atoms with van der Waals surface area (Å²) in [6.45, 7) is 12.9. The zero-order chi connectivity index (χ0) is 57.0. The minimum Gasteiger partial charge on any atom is -0.497 e. The Labute approximate surface area is 458 Å². The van der Waals surface area contributed by atoms with Crippen LogP contribution in [0.5, 0.6) is 11.5 Å². The number of benzene rings is 3. The number of hydrogen-bond donors (Lipinski definition) is 2. The fraction of sp³-hybridized carbons (Fsp3) is 0.564. The lowest BCUT2D eigenvalue weighted by atomic mass is 9.80. The zero-order valence-corrected chi connectivity index (χ0v) is 47.2. The molecular weight excluding hydrogens is 1040 g/mol. The number of carbonyl (C=O) groups is 5. The number of carbonyl (C=O) groups excluding carboxylic acids is 5. The first kappa shape index (κ1) is 64.7. The molecule has 0 aromatic heterocycles. The van der Waals surface area contributed by atoms with Gasteiger partial charge in [0.15, 0.2) is 18.5 Å². The monoisotopic (exact) mass is 1110 g/mol. The molecule has 23 heteroatoms. The van der Waals surface area contributed by atoms with Crippen LogP contribution >= 0.6 is 8.53 Å². The van der Waals surface area contributed by atoms with Gasteiger partial charge in [0.25, 0.3) is 8.53 Å². The lowest BCUT2D eigenvalue weighted by Crippen LogP contribution is -2.66. The van der Waals surface area contributed by atoms with Crippen LogP contribution in [-0.4, -0.2) is 170 Å². The minimum absolute atomic E-state index is 0.0182. The lowest BCUT2D eigenvalue weighted by Gasteiger charge is -2.44. The summed E-state index contributed by atoms with van der Waals surface area (Å²) in [7, 11) is 1.53. The molecule has 1 saturated heterocycles. The van der Waals surface area contributed by atoms with Gasteiger partial charge in [-0.05, 0) is 68.7 Å². The Morgan fingerprint density at radius 1 is 0.679 bits per heavy atom. The molecule has 78 heavy (non-hydrogen) atoms. The number of rotatable bonds is 35. The van der Waals surface area contributed by atoms with Gasteiger partial charge in [-0.15, -0.1) is 0 Å². The van der Waals surface area contributed by atoms with E-state index in [0.717, 1.165) is 30.5 Å². The number of hydrogen-bond acceptors (Lipinski definition) is 20. The third-order valence-corrected chi connectivity index (χ3v) is 13.7. The van der Waals surface area contributed by atoms with Crippen molar-refractivity contribution in [2.24, 2.45) is 0 Å². The van der Waals surface area contributed by atoms with Crippen LogP contribution in [0.3, 0.4) is 0 Å². The summed E-state index contributed by atoms with van der Waals surface area (Å²) in [4.78, 5) is 61.8. The first-order chi connectivity index (χ1) is 37.4. The van der Waals surface area contributed by atoms with Crippen LogP contribution in [0.4, 0.5) is 0 Å². The highest BCUT2D eigenvalue weighted by molar-refractivity contribution is 7.44. The van der Waals surface area contributed by atoms with E-state index in [1.807, 2.05) is 107 Å². The number of nitrogens with one attached hydrogen (secondary N) is 2. The molecule has 0 radical (unpaired) electrons. The molecule has 3 aromatic carbocycles. The van der Waals surface area contributed by atoms with Crippen molar-refractivity contribution in [1.29, 1.82) is 5.26 Å². The smallest absolute Gasteiger partial charge is 0.303 e. The maximum absolute atomic E-state index is 13.7. The van der Waals surface area contributed by atoms with Gasteiger partial charge in [-0.25, -0.2) is 4.67 Å². The first-order valence-electron chi connectivity index (χ1n) is 25.7. The number of ether oxygens (including phenoxy) is 11. The summed E-state index contributed by atoms with van der Waals surface area (Å²) < 4.78 is 78.2. The molecule has 1 fully saturated rings. The molecule has 2 N–H and O–H groups in total. The van der Waals surface area contributed by atoms with Crippen LogP contribution in [0, 0.1) is 11.3 Å². The van der Waals surface area contributed by atoms with Gasteiger partial charge in [0, 0.05) is 39.8 Å². The van der Waals surface area contributed by atoms with Crippen molar-refractivity contribution in [3.8, 4) is 17.6 Å². The minimum atomic E-state index is -1.68. The Bertz CT molecular complexity index is 2270. The summed E-state index contributed by atoms with van der Waals surface area (Å²) in [6, 6.07) is 25.4. The average Bonchev–Trinajstić information content (AvgIpc) is 3.40. The van der Waals surface area contributed by atoms with Gasteiger partial charge in [0.2, 0.25) is 11.8 Å². The van der Waals surface area contributed by atoms with E-state index in [-0.39, 0.29) is 91.2 Å². The fourth-order valence-corrected chi connectivity index (χ4v) is 10.1. The van der Waals surface area contributed by atoms with E-state index in [9.17, 15) is 29.2 Å². The van der Waals surface area contributed by atoms with Crippen molar-refractivity contribution in [3.05, 3.63) is 95.6 Å². The molecule has 430 valence electrons. The summed E-state index contributed by atoms with van der Waals surface area (Å²) in [5.41, 5.74) is 1.22. The molecule has 0 saturated carbocycles. The largest absolute Gasteiger partial charge is 0.497 e. The van der Waals surface area contributed by atoms with Crippen molar-refractivity contribution in [1.82, 2.24) is 15.3 Å². The molecule has 1 aliphatic heterocycles. The third-order valence-electron chi connectivity index (χ3n) is 11.6. The van der Waals surface area contributed by atoms with Crippen molar-refractivity contribution < 1.29 is 85.1 Å². The predicted molar refractivity (Wildman–Crippen MR) is 284 cm³/mol. The normalized spacial score (nSPS) is 18.1. The van der Waals surface area contributed by atoms with E-state index < -0.39 is 80.5 Å². The molecule has 1 heterocycles. The number of nitrogens with zero attached hydrogens (tertiary/aromatic N) is 2. The van der Waals surface area contributed by atoms with Crippen LogP contribution < -0.4 is 20.1 Å². The fourth-order valence-electron chi connectivity index (χ4n) is 8.43. The maximum Gasteiger partial charge on any atom is 0.303 e. The van der Waals surface area contributed by atoms with E-state index in [1.165, 1.54) is 13.8 Å². The molecule has 22 nitrogen and oxygen atoms in total. The molecule has 1 aliphatic rings. The van der Waals surface area contributed by atoms with E-state index >= 15 is 0 Å². The second-order valence-corrected chi connectivity index (χ2v) is 19.7. The van der Waals surface area contributed by atoms with Crippen LogP contribution in [0.25, 0.3) is 0 Å². The van der Waals surface area contributed by atoms with Gasteiger partial charge in [-0.2, -0.15) is 5.26 Å². The lowest BCUT2D eigenvalue weighted by molar-refractivity contribution is -0.279. The average molecular weight is 1110 g/mol. The van der Waals surface area contributed by atoms with Crippen LogP contribution in [0.2, 0.25) is 0 Å². The Morgan fingerprint density at radius 2 is 1.22 bits per heavy atom. The second kappa shape index (κ2) is 34.2.